The molecule has 3 rings (SSSR count). The Hall–Kier alpha value is -2.95. The number of carboxylic acid groups (broad SMARTS) is 1. The number of hydrogen-bond donors (Lipinski definition) is 2. The minimum Gasteiger partial charge on any atom is -0.480 e. The van der Waals surface area contributed by atoms with Crippen LogP contribution in [0.25, 0.3) is 0 Å². The molecule has 0 aliphatic carbocycles. The summed E-state index contributed by atoms with van der Waals surface area (Å²) >= 11 is 0. The number of aliphatic carboxylic acids is 1. The third-order valence-electron chi connectivity index (χ3n) is 4.86. The van der Waals surface area contributed by atoms with Gasteiger partial charge in [0, 0.05) is 0 Å². The van der Waals surface area contributed by atoms with Crippen LogP contribution in [-0.2, 0) is 21.6 Å². The second-order valence-corrected chi connectivity index (χ2v) is 6.80. The molecule has 0 saturated heterocycles. The number of carboxylic acids is 1. The lowest BCUT2D eigenvalue weighted by Gasteiger charge is -2.32. The summed E-state index contributed by atoms with van der Waals surface area (Å²) < 4.78 is 5.64. The van der Waals surface area contributed by atoms with Crippen LogP contribution in [0.4, 0.5) is 0 Å². The summed E-state index contributed by atoms with van der Waals surface area (Å²) in [4.78, 5) is 12.5. The Bertz CT molecular complexity index is 823. The number of aliphatic hydroxyl groups excluding tert-OH is 1. The van der Waals surface area contributed by atoms with Crippen molar-refractivity contribution in [3.05, 3.63) is 108 Å². The predicted molar refractivity (Wildman–Crippen MR) is 108 cm³/mol. The topological polar surface area (TPSA) is 66.8 Å². The van der Waals surface area contributed by atoms with E-state index in [9.17, 15) is 15.0 Å². The Morgan fingerprint density at radius 3 is 1.75 bits per heavy atom. The zero-order chi connectivity index (χ0) is 19.8. The van der Waals surface area contributed by atoms with Crippen molar-refractivity contribution < 1.29 is 19.7 Å². The zero-order valence-corrected chi connectivity index (χ0v) is 15.6. The molecule has 28 heavy (non-hydrogen) atoms. The van der Waals surface area contributed by atoms with E-state index in [0.29, 0.717) is 17.7 Å². The van der Waals surface area contributed by atoms with Gasteiger partial charge in [0.2, 0.25) is 0 Å². The standard InChI is InChI=1S/C24H24O4/c25-22(18-28-17-19-10-4-1-5-11-19)16-24(23(26)27,20-12-6-2-7-13-20)21-14-8-3-9-15-21/h1-15,22,25H,16-18H2,(H,26,27)/t22-/m1/s1. The summed E-state index contributed by atoms with van der Waals surface area (Å²) in [5, 5.41) is 20.9. The number of rotatable bonds is 9. The summed E-state index contributed by atoms with van der Waals surface area (Å²) in [6.45, 7) is 0.429. The molecule has 0 aliphatic heterocycles. The minimum absolute atomic E-state index is 0.0190. The molecule has 0 spiro atoms. The van der Waals surface area contributed by atoms with Gasteiger partial charge in [0.15, 0.2) is 0 Å². The van der Waals surface area contributed by atoms with Gasteiger partial charge < -0.3 is 14.9 Å². The molecule has 0 bridgehead atoms. The molecule has 0 aromatic heterocycles. The van der Waals surface area contributed by atoms with Crippen LogP contribution in [0.2, 0.25) is 0 Å². The molecule has 144 valence electrons. The van der Waals surface area contributed by atoms with Gasteiger partial charge >= 0.3 is 5.97 Å². The molecule has 0 aliphatic rings. The van der Waals surface area contributed by atoms with E-state index >= 15 is 0 Å². The average Bonchev–Trinajstić information content (AvgIpc) is 2.74. The van der Waals surface area contributed by atoms with Crippen molar-refractivity contribution >= 4 is 5.97 Å². The smallest absolute Gasteiger partial charge is 0.318 e. The first-order valence-corrected chi connectivity index (χ1v) is 9.27. The first kappa shape index (κ1) is 19.8. The number of ether oxygens (including phenoxy) is 1. The molecule has 4 nitrogen and oxygen atoms in total. The van der Waals surface area contributed by atoms with E-state index in [4.69, 9.17) is 4.74 Å². The molecule has 0 saturated carbocycles. The Kier molecular flexibility index (Phi) is 6.58. The van der Waals surface area contributed by atoms with Crippen LogP contribution in [0.3, 0.4) is 0 Å². The largest absolute Gasteiger partial charge is 0.480 e. The lowest BCUT2D eigenvalue weighted by atomic mass is 9.71. The highest BCUT2D eigenvalue weighted by molar-refractivity contribution is 5.86. The molecule has 0 unspecified atom stereocenters. The normalized spacial score (nSPS) is 12.5. The van der Waals surface area contributed by atoms with E-state index in [1.54, 1.807) is 24.3 Å². The molecule has 0 heterocycles. The number of benzene rings is 3. The Morgan fingerprint density at radius 1 is 0.821 bits per heavy atom. The maximum Gasteiger partial charge on any atom is 0.318 e. The quantitative estimate of drug-likeness (QED) is 0.592. The maximum atomic E-state index is 12.5. The van der Waals surface area contributed by atoms with Crippen molar-refractivity contribution in [3.8, 4) is 0 Å². The lowest BCUT2D eigenvalue weighted by Crippen LogP contribution is -2.41. The predicted octanol–water partition coefficient (Wildman–Crippen LogP) is 4.03. The Morgan fingerprint density at radius 2 is 1.29 bits per heavy atom. The van der Waals surface area contributed by atoms with Crippen LogP contribution in [-0.4, -0.2) is 28.9 Å². The Labute approximate surface area is 165 Å². The fourth-order valence-corrected chi connectivity index (χ4v) is 3.48. The van der Waals surface area contributed by atoms with Gasteiger partial charge in [0.25, 0.3) is 0 Å². The van der Waals surface area contributed by atoms with Crippen molar-refractivity contribution in [2.45, 2.75) is 24.5 Å². The summed E-state index contributed by atoms with van der Waals surface area (Å²) in [5.74, 6) is -0.994. The number of carbonyl (C=O) groups is 1. The molecular formula is C24H24O4. The zero-order valence-electron chi connectivity index (χ0n) is 15.6. The molecule has 3 aromatic carbocycles. The summed E-state index contributed by atoms with van der Waals surface area (Å²) in [6, 6.07) is 27.8. The van der Waals surface area contributed by atoms with Gasteiger partial charge in [-0.25, -0.2) is 0 Å². The Balaban J connectivity index is 1.82. The van der Waals surface area contributed by atoms with Crippen molar-refractivity contribution in [3.63, 3.8) is 0 Å². The molecule has 1 atom stereocenters. The van der Waals surface area contributed by atoms with Gasteiger partial charge in [0.1, 0.15) is 5.41 Å². The first-order valence-electron chi connectivity index (χ1n) is 9.27. The van der Waals surface area contributed by atoms with Gasteiger partial charge in [-0.15, -0.1) is 0 Å². The van der Waals surface area contributed by atoms with Crippen molar-refractivity contribution in [1.82, 2.24) is 0 Å². The van der Waals surface area contributed by atoms with Gasteiger partial charge in [-0.1, -0.05) is 91.0 Å². The second kappa shape index (κ2) is 9.31. The minimum atomic E-state index is -1.35. The van der Waals surface area contributed by atoms with Crippen LogP contribution >= 0.6 is 0 Å². The van der Waals surface area contributed by atoms with Crippen molar-refractivity contribution in [2.75, 3.05) is 6.61 Å². The van der Waals surface area contributed by atoms with Gasteiger partial charge in [0.05, 0.1) is 19.3 Å². The van der Waals surface area contributed by atoms with E-state index in [1.807, 2.05) is 66.7 Å². The van der Waals surface area contributed by atoms with E-state index in [-0.39, 0.29) is 13.0 Å². The molecule has 0 amide bonds. The highest BCUT2D eigenvalue weighted by atomic mass is 16.5. The molecule has 2 N–H and O–H groups in total. The highest BCUT2D eigenvalue weighted by Crippen LogP contribution is 2.37. The van der Waals surface area contributed by atoms with E-state index < -0.39 is 17.5 Å². The maximum absolute atomic E-state index is 12.5. The fourth-order valence-electron chi connectivity index (χ4n) is 3.48. The first-order chi connectivity index (χ1) is 13.6. The fraction of sp³-hybridized carbons (Fsp3) is 0.208. The van der Waals surface area contributed by atoms with Crippen LogP contribution < -0.4 is 0 Å². The van der Waals surface area contributed by atoms with Crippen LogP contribution in [0.15, 0.2) is 91.0 Å². The number of hydrogen-bond acceptors (Lipinski definition) is 3. The SMILES string of the molecule is O=C(O)C(C[C@@H](O)COCc1ccccc1)(c1ccccc1)c1ccccc1. The van der Waals surface area contributed by atoms with Crippen LogP contribution in [0, 0.1) is 0 Å². The summed E-state index contributed by atoms with van der Waals surface area (Å²) in [7, 11) is 0. The van der Waals surface area contributed by atoms with E-state index in [0.717, 1.165) is 5.56 Å². The molecule has 0 fully saturated rings. The monoisotopic (exact) mass is 376 g/mol. The van der Waals surface area contributed by atoms with Gasteiger partial charge in [-0.2, -0.15) is 0 Å². The summed E-state index contributed by atoms with van der Waals surface area (Å²) in [5.41, 5.74) is 0.926. The molecule has 3 aromatic rings. The van der Waals surface area contributed by atoms with Crippen LogP contribution in [0.5, 0.6) is 0 Å². The second-order valence-electron chi connectivity index (χ2n) is 6.80. The van der Waals surface area contributed by atoms with E-state index in [2.05, 4.69) is 0 Å². The third kappa shape index (κ3) is 4.47. The van der Waals surface area contributed by atoms with Gasteiger partial charge in [-0.05, 0) is 23.1 Å². The van der Waals surface area contributed by atoms with Crippen molar-refractivity contribution in [1.29, 1.82) is 0 Å². The lowest BCUT2D eigenvalue weighted by molar-refractivity contribution is -0.143. The van der Waals surface area contributed by atoms with Crippen molar-refractivity contribution in [2.24, 2.45) is 0 Å². The van der Waals surface area contributed by atoms with Gasteiger partial charge in [-0.3, -0.25) is 4.79 Å². The third-order valence-corrected chi connectivity index (χ3v) is 4.86. The number of aliphatic hydroxyl groups is 1. The van der Waals surface area contributed by atoms with E-state index in [1.165, 1.54) is 0 Å². The highest BCUT2D eigenvalue weighted by Gasteiger charge is 2.43. The summed E-state index contributed by atoms with van der Waals surface area (Å²) in [6.07, 6.45) is -0.911. The van der Waals surface area contributed by atoms with Crippen LogP contribution in [0.1, 0.15) is 23.1 Å². The average molecular weight is 376 g/mol. The molecular weight excluding hydrogens is 352 g/mol. The molecule has 0 radical (unpaired) electrons. The molecule has 4 heteroatoms.